The molecule has 0 unspecified atom stereocenters. The van der Waals surface area contributed by atoms with Crippen molar-refractivity contribution in [3.63, 3.8) is 0 Å². The first-order valence-corrected chi connectivity index (χ1v) is 5.20. The van der Waals surface area contributed by atoms with Crippen LogP contribution in [0.5, 0.6) is 0 Å². The molecular weight excluding hydrogens is 143 g/mol. The zero-order valence-corrected chi connectivity index (χ0v) is 8.82. The molecule has 0 saturated heterocycles. The van der Waals surface area contributed by atoms with Crippen molar-refractivity contribution in [2.45, 2.75) is 64.6 Å². The molecule has 0 nitrogen and oxygen atoms in total. The lowest BCUT2D eigenvalue weighted by atomic mass is 9.61. The Hall–Kier alpha value is 0.0649. The molecule has 0 aliphatic heterocycles. The highest BCUT2D eigenvalue weighted by Crippen LogP contribution is 2.41. The van der Waals surface area contributed by atoms with Gasteiger partial charge in [-0.15, -0.1) is 0 Å². The molecule has 12 heavy (non-hydrogen) atoms. The van der Waals surface area contributed by atoms with Crippen LogP contribution in [0.3, 0.4) is 0 Å². The van der Waals surface area contributed by atoms with Gasteiger partial charge >= 0.3 is 0 Å². The standard InChI is InChI=1S/C11H21B/c1-10(2)6-4-8-11(3,12)9-5-7-10/h4-9H2,1-3H3. The zero-order chi connectivity index (χ0) is 9.24. The summed E-state index contributed by atoms with van der Waals surface area (Å²) in [5.74, 6) is 0. The van der Waals surface area contributed by atoms with E-state index in [0.717, 1.165) is 0 Å². The summed E-state index contributed by atoms with van der Waals surface area (Å²) in [6, 6.07) is 0. The number of rotatable bonds is 0. The molecule has 1 rings (SSSR count). The highest BCUT2D eigenvalue weighted by atomic mass is 14.3. The van der Waals surface area contributed by atoms with E-state index in [2.05, 4.69) is 20.8 Å². The van der Waals surface area contributed by atoms with Gasteiger partial charge in [-0.05, 0) is 18.3 Å². The van der Waals surface area contributed by atoms with E-state index in [1.807, 2.05) is 0 Å². The summed E-state index contributed by atoms with van der Waals surface area (Å²) in [5, 5.41) is 0.122. The minimum absolute atomic E-state index is 0.122. The summed E-state index contributed by atoms with van der Waals surface area (Å²) >= 11 is 0. The van der Waals surface area contributed by atoms with E-state index in [1.54, 1.807) is 0 Å². The van der Waals surface area contributed by atoms with E-state index in [1.165, 1.54) is 38.5 Å². The van der Waals surface area contributed by atoms with Gasteiger partial charge in [-0.2, -0.15) is 0 Å². The van der Waals surface area contributed by atoms with E-state index >= 15 is 0 Å². The topological polar surface area (TPSA) is 0 Å². The summed E-state index contributed by atoms with van der Waals surface area (Å²) < 4.78 is 0. The van der Waals surface area contributed by atoms with Crippen molar-refractivity contribution in [1.29, 1.82) is 0 Å². The molecule has 0 N–H and O–H groups in total. The van der Waals surface area contributed by atoms with E-state index in [4.69, 9.17) is 7.85 Å². The molecular formula is C11H21B. The third-order valence-corrected chi connectivity index (χ3v) is 3.20. The van der Waals surface area contributed by atoms with Crippen LogP contribution in [-0.2, 0) is 0 Å². The molecule has 0 aromatic carbocycles. The highest BCUT2D eigenvalue weighted by molar-refractivity contribution is 6.14. The molecule has 1 aliphatic carbocycles. The normalized spacial score (nSPS) is 28.9. The van der Waals surface area contributed by atoms with Gasteiger partial charge in [-0.3, -0.25) is 0 Å². The molecule has 68 valence electrons. The van der Waals surface area contributed by atoms with Crippen molar-refractivity contribution in [2.24, 2.45) is 5.41 Å². The summed E-state index contributed by atoms with van der Waals surface area (Å²) in [6.45, 7) is 6.96. The third-order valence-electron chi connectivity index (χ3n) is 3.20. The first kappa shape index (κ1) is 10.1. The van der Waals surface area contributed by atoms with Crippen molar-refractivity contribution in [3.05, 3.63) is 0 Å². The number of hydrogen-bond acceptors (Lipinski definition) is 0. The Morgan fingerprint density at radius 1 is 0.833 bits per heavy atom. The maximum absolute atomic E-state index is 6.14. The lowest BCUT2D eigenvalue weighted by Crippen LogP contribution is -2.18. The van der Waals surface area contributed by atoms with Gasteiger partial charge in [0.1, 0.15) is 0 Å². The lowest BCUT2D eigenvalue weighted by Gasteiger charge is -2.34. The van der Waals surface area contributed by atoms with Gasteiger partial charge in [0.2, 0.25) is 0 Å². The van der Waals surface area contributed by atoms with Crippen molar-refractivity contribution in [2.75, 3.05) is 0 Å². The molecule has 1 aliphatic rings. The molecule has 0 aromatic heterocycles. The van der Waals surface area contributed by atoms with E-state index in [-0.39, 0.29) is 5.31 Å². The average molecular weight is 164 g/mol. The van der Waals surface area contributed by atoms with Crippen LogP contribution in [0.2, 0.25) is 5.31 Å². The molecule has 1 saturated carbocycles. The fraction of sp³-hybridized carbons (Fsp3) is 1.00. The largest absolute Gasteiger partial charge is 0.0742 e. The molecule has 0 amide bonds. The van der Waals surface area contributed by atoms with Gasteiger partial charge in [0.15, 0.2) is 0 Å². The fourth-order valence-electron chi connectivity index (χ4n) is 2.19. The van der Waals surface area contributed by atoms with Gasteiger partial charge in [0.25, 0.3) is 0 Å². The maximum Gasteiger partial charge on any atom is 0.0742 e. The second kappa shape index (κ2) is 3.43. The fourth-order valence-corrected chi connectivity index (χ4v) is 2.19. The van der Waals surface area contributed by atoms with Gasteiger partial charge in [0.05, 0.1) is 7.85 Å². The molecule has 0 atom stereocenters. The third kappa shape index (κ3) is 3.20. The quantitative estimate of drug-likeness (QED) is 0.478. The Morgan fingerprint density at radius 3 is 1.67 bits per heavy atom. The summed E-state index contributed by atoms with van der Waals surface area (Å²) in [4.78, 5) is 0. The maximum atomic E-state index is 6.14. The highest BCUT2D eigenvalue weighted by Gasteiger charge is 2.25. The van der Waals surface area contributed by atoms with Crippen LogP contribution in [0.15, 0.2) is 0 Å². The predicted octanol–water partition coefficient (Wildman–Crippen LogP) is 3.71. The van der Waals surface area contributed by atoms with Crippen molar-refractivity contribution >= 4 is 7.85 Å². The SMILES string of the molecule is [B]C1(C)CCCC(C)(C)CCC1. The van der Waals surface area contributed by atoms with E-state index in [0.29, 0.717) is 5.41 Å². The van der Waals surface area contributed by atoms with Crippen molar-refractivity contribution < 1.29 is 0 Å². The zero-order valence-electron chi connectivity index (χ0n) is 8.82. The van der Waals surface area contributed by atoms with Gasteiger partial charge < -0.3 is 0 Å². The summed E-state index contributed by atoms with van der Waals surface area (Å²) in [5.41, 5.74) is 0.566. The smallest absolute Gasteiger partial charge is 0.0688 e. The molecule has 0 spiro atoms. The minimum atomic E-state index is 0.122. The molecule has 0 heterocycles. The first-order valence-electron chi connectivity index (χ1n) is 5.20. The second-order valence-corrected chi connectivity index (χ2v) is 5.53. The first-order chi connectivity index (χ1) is 5.41. The number of hydrogen-bond donors (Lipinski definition) is 0. The van der Waals surface area contributed by atoms with Crippen LogP contribution in [0.1, 0.15) is 59.3 Å². The van der Waals surface area contributed by atoms with E-state index in [9.17, 15) is 0 Å². The predicted molar refractivity (Wildman–Crippen MR) is 55.6 cm³/mol. The van der Waals surface area contributed by atoms with Crippen LogP contribution in [0.4, 0.5) is 0 Å². The van der Waals surface area contributed by atoms with Crippen molar-refractivity contribution in [3.8, 4) is 0 Å². The summed E-state index contributed by atoms with van der Waals surface area (Å²) in [6.07, 6.45) is 7.71. The molecule has 1 fully saturated rings. The van der Waals surface area contributed by atoms with E-state index < -0.39 is 0 Å². The van der Waals surface area contributed by atoms with Gasteiger partial charge in [0, 0.05) is 0 Å². The Balaban J connectivity index is 2.45. The molecule has 0 aromatic rings. The Morgan fingerprint density at radius 2 is 1.25 bits per heavy atom. The average Bonchev–Trinajstić information content (AvgIpc) is 1.82. The van der Waals surface area contributed by atoms with Crippen LogP contribution in [0, 0.1) is 5.41 Å². The molecule has 0 bridgehead atoms. The summed E-state index contributed by atoms with van der Waals surface area (Å²) in [7, 11) is 6.14. The lowest BCUT2D eigenvalue weighted by molar-refractivity contribution is 0.248. The van der Waals surface area contributed by atoms with Gasteiger partial charge in [-0.25, -0.2) is 0 Å². The Bertz CT molecular complexity index is 117. The Labute approximate surface area is 78.5 Å². The molecule has 2 radical (unpaired) electrons. The Kier molecular flexibility index (Phi) is 2.90. The van der Waals surface area contributed by atoms with Crippen LogP contribution in [-0.4, -0.2) is 7.85 Å². The monoisotopic (exact) mass is 164 g/mol. The van der Waals surface area contributed by atoms with Crippen molar-refractivity contribution in [1.82, 2.24) is 0 Å². The van der Waals surface area contributed by atoms with Crippen LogP contribution in [0.25, 0.3) is 0 Å². The molecule has 1 heteroatoms. The minimum Gasteiger partial charge on any atom is -0.0688 e. The second-order valence-electron chi connectivity index (χ2n) is 5.53. The van der Waals surface area contributed by atoms with Crippen LogP contribution < -0.4 is 0 Å². The van der Waals surface area contributed by atoms with Gasteiger partial charge in [-0.1, -0.05) is 51.8 Å². The van der Waals surface area contributed by atoms with Crippen LogP contribution >= 0.6 is 0 Å².